The van der Waals surface area contributed by atoms with Gasteiger partial charge in [0.2, 0.25) is 5.91 Å². The van der Waals surface area contributed by atoms with Gasteiger partial charge in [0.15, 0.2) is 5.16 Å². The first-order chi connectivity index (χ1) is 14.6. The number of fused-ring (bicyclic) bond motifs is 4. The zero-order chi connectivity index (χ0) is 20.7. The normalized spacial score (nSPS) is 11.4. The maximum absolute atomic E-state index is 12.6. The summed E-state index contributed by atoms with van der Waals surface area (Å²) in [6.45, 7) is 0. The molecule has 0 saturated carbocycles. The smallest absolute Gasteiger partial charge is 0.234 e. The highest BCUT2D eigenvalue weighted by molar-refractivity contribution is 7.99. The van der Waals surface area contributed by atoms with Gasteiger partial charge < -0.3 is 19.0 Å². The summed E-state index contributed by atoms with van der Waals surface area (Å²) in [5.74, 6) is 0.689. The molecule has 5 aromatic rings. The van der Waals surface area contributed by atoms with Crippen molar-refractivity contribution in [2.45, 2.75) is 5.16 Å². The molecule has 0 radical (unpaired) electrons. The van der Waals surface area contributed by atoms with Crippen molar-refractivity contribution < 1.29 is 13.9 Å². The highest BCUT2D eigenvalue weighted by Crippen LogP contribution is 2.36. The number of aryl methyl sites for hydroxylation is 1. The van der Waals surface area contributed by atoms with Gasteiger partial charge in [0, 0.05) is 23.9 Å². The number of hydrogen-bond acceptors (Lipinski definition) is 5. The number of benzene rings is 3. The van der Waals surface area contributed by atoms with Crippen molar-refractivity contribution in [3.05, 3.63) is 60.7 Å². The highest BCUT2D eigenvalue weighted by Gasteiger charge is 2.15. The largest absolute Gasteiger partial charge is 0.495 e. The molecular weight excluding hydrogens is 398 g/mol. The molecule has 2 heterocycles. The van der Waals surface area contributed by atoms with Crippen LogP contribution in [0.3, 0.4) is 0 Å². The minimum atomic E-state index is -0.138. The Morgan fingerprint density at radius 1 is 1.10 bits per heavy atom. The number of nitrogens with one attached hydrogen (secondary N) is 1. The number of nitrogens with zero attached hydrogens (tertiary/aromatic N) is 2. The van der Waals surface area contributed by atoms with E-state index >= 15 is 0 Å². The Bertz CT molecular complexity index is 1400. The summed E-state index contributed by atoms with van der Waals surface area (Å²) in [5.41, 5.74) is 4.04. The van der Waals surface area contributed by atoms with Gasteiger partial charge in [-0.15, -0.1) is 0 Å². The summed E-state index contributed by atoms with van der Waals surface area (Å²) in [7, 11) is 3.54. The minimum absolute atomic E-state index is 0.138. The maximum Gasteiger partial charge on any atom is 0.234 e. The second-order valence-corrected chi connectivity index (χ2v) is 7.87. The standard InChI is InChI=1S/C23H19N3O3S/c1-26-18-9-5-4-8-16(18)25-23(26)30-13-22(27)24-17-12-20-15(11-21(17)28-2)14-7-3-6-10-19(14)29-20/h3-12H,13H2,1-2H3,(H,24,27). The highest BCUT2D eigenvalue weighted by atomic mass is 32.2. The molecule has 0 atom stereocenters. The minimum Gasteiger partial charge on any atom is -0.495 e. The van der Waals surface area contributed by atoms with E-state index in [0.717, 1.165) is 32.5 Å². The Morgan fingerprint density at radius 2 is 1.90 bits per heavy atom. The van der Waals surface area contributed by atoms with Crippen LogP contribution in [0.1, 0.15) is 0 Å². The van der Waals surface area contributed by atoms with Crippen molar-refractivity contribution in [3.8, 4) is 5.75 Å². The summed E-state index contributed by atoms with van der Waals surface area (Å²) in [6.07, 6.45) is 0. The van der Waals surface area contributed by atoms with Gasteiger partial charge in [-0.2, -0.15) is 0 Å². The molecule has 0 spiro atoms. The molecular formula is C23H19N3O3S. The monoisotopic (exact) mass is 417 g/mol. The summed E-state index contributed by atoms with van der Waals surface area (Å²) in [5, 5.41) is 5.71. The van der Waals surface area contributed by atoms with E-state index in [4.69, 9.17) is 9.15 Å². The van der Waals surface area contributed by atoms with Gasteiger partial charge >= 0.3 is 0 Å². The molecule has 5 rings (SSSR count). The maximum atomic E-state index is 12.6. The number of thioether (sulfide) groups is 1. The number of amides is 1. The average Bonchev–Trinajstić information content (AvgIpc) is 3.28. The first-order valence-corrected chi connectivity index (χ1v) is 10.5. The van der Waals surface area contributed by atoms with Crippen LogP contribution in [0.5, 0.6) is 5.75 Å². The van der Waals surface area contributed by atoms with E-state index in [2.05, 4.69) is 10.3 Å². The first-order valence-electron chi connectivity index (χ1n) is 9.47. The quantitative estimate of drug-likeness (QED) is 0.398. The van der Waals surface area contributed by atoms with Crippen LogP contribution in [-0.4, -0.2) is 28.3 Å². The Morgan fingerprint density at radius 3 is 2.73 bits per heavy atom. The van der Waals surface area contributed by atoms with Crippen LogP contribution in [0.15, 0.2) is 70.2 Å². The van der Waals surface area contributed by atoms with Gasteiger partial charge in [-0.25, -0.2) is 4.98 Å². The second-order valence-electron chi connectivity index (χ2n) is 6.93. The molecule has 6 nitrogen and oxygen atoms in total. The second kappa shape index (κ2) is 7.42. The molecule has 0 unspecified atom stereocenters. The molecule has 1 amide bonds. The molecule has 1 N–H and O–H groups in total. The molecule has 30 heavy (non-hydrogen) atoms. The molecule has 0 aliphatic carbocycles. The van der Waals surface area contributed by atoms with Crippen molar-refractivity contribution in [3.63, 3.8) is 0 Å². The fourth-order valence-corrected chi connectivity index (χ4v) is 4.37. The van der Waals surface area contributed by atoms with Crippen molar-refractivity contribution in [2.75, 3.05) is 18.2 Å². The van der Waals surface area contributed by atoms with Crippen molar-refractivity contribution in [1.82, 2.24) is 9.55 Å². The number of aromatic nitrogens is 2. The molecule has 0 aliphatic rings. The van der Waals surface area contributed by atoms with Crippen LogP contribution >= 0.6 is 11.8 Å². The van der Waals surface area contributed by atoms with Gasteiger partial charge in [0.25, 0.3) is 0 Å². The lowest BCUT2D eigenvalue weighted by Gasteiger charge is -2.10. The number of hydrogen-bond donors (Lipinski definition) is 1. The van der Waals surface area contributed by atoms with E-state index in [1.807, 2.05) is 72.3 Å². The third kappa shape index (κ3) is 3.17. The third-order valence-electron chi connectivity index (χ3n) is 5.05. The lowest BCUT2D eigenvalue weighted by Crippen LogP contribution is -2.15. The number of methoxy groups -OCH3 is 1. The number of carbonyl (C=O) groups excluding carboxylic acids is 1. The van der Waals surface area contributed by atoms with E-state index in [9.17, 15) is 4.79 Å². The molecule has 7 heteroatoms. The number of para-hydroxylation sites is 3. The van der Waals surface area contributed by atoms with Gasteiger partial charge in [0.1, 0.15) is 16.9 Å². The zero-order valence-corrected chi connectivity index (χ0v) is 17.3. The summed E-state index contributed by atoms with van der Waals surface area (Å²) >= 11 is 1.40. The van der Waals surface area contributed by atoms with E-state index in [1.54, 1.807) is 7.11 Å². The number of carbonyl (C=O) groups is 1. The SMILES string of the molecule is COc1cc2c(cc1NC(=O)CSc1nc3ccccc3n1C)oc1ccccc12. The predicted octanol–water partition coefficient (Wildman–Crippen LogP) is 5.21. The van der Waals surface area contributed by atoms with Crippen LogP contribution < -0.4 is 10.1 Å². The Labute approximate surface area is 176 Å². The van der Waals surface area contributed by atoms with Crippen LogP contribution in [-0.2, 0) is 11.8 Å². The van der Waals surface area contributed by atoms with Crippen LogP contribution in [0, 0.1) is 0 Å². The van der Waals surface area contributed by atoms with Crippen molar-refractivity contribution >= 4 is 56.3 Å². The Hall–Kier alpha value is -3.45. The Kier molecular flexibility index (Phi) is 4.59. The molecule has 0 bridgehead atoms. The molecule has 0 aliphatic heterocycles. The number of rotatable bonds is 5. The average molecular weight is 417 g/mol. The predicted molar refractivity (Wildman–Crippen MR) is 120 cm³/mol. The number of imidazole rings is 1. The summed E-state index contributed by atoms with van der Waals surface area (Å²) in [6, 6.07) is 19.5. The third-order valence-corrected chi connectivity index (χ3v) is 6.08. The molecule has 3 aromatic carbocycles. The number of anilines is 1. The Balaban J connectivity index is 1.38. The molecule has 2 aromatic heterocycles. The van der Waals surface area contributed by atoms with E-state index < -0.39 is 0 Å². The summed E-state index contributed by atoms with van der Waals surface area (Å²) < 4.78 is 13.4. The lowest BCUT2D eigenvalue weighted by atomic mass is 10.1. The van der Waals surface area contributed by atoms with E-state index in [-0.39, 0.29) is 11.7 Å². The van der Waals surface area contributed by atoms with Gasteiger partial charge in [-0.3, -0.25) is 4.79 Å². The molecule has 0 saturated heterocycles. The van der Waals surface area contributed by atoms with Gasteiger partial charge in [0.05, 0.1) is 29.6 Å². The van der Waals surface area contributed by atoms with Crippen LogP contribution in [0.4, 0.5) is 5.69 Å². The van der Waals surface area contributed by atoms with E-state index in [1.165, 1.54) is 11.8 Å². The molecule has 0 fully saturated rings. The number of furan rings is 1. The summed E-state index contributed by atoms with van der Waals surface area (Å²) in [4.78, 5) is 17.2. The fraction of sp³-hybridized carbons (Fsp3) is 0.130. The topological polar surface area (TPSA) is 69.3 Å². The van der Waals surface area contributed by atoms with Gasteiger partial charge in [-0.05, 0) is 24.3 Å². The van der Waals surface area contributed by atoms with Crippen LogP contribution in [0.2, 0.25) is 0 Å². The van der Waals surface area contributed by atoms with Crippen LogP contribution in [0.25, 0.3) is 33.0 Å². The van der Waals surface area contributed by atoms with Crippen molar-refractivity contribution in [1.29, 1.82) is 0 Å². The van der Waals surface area contributed by atoms with Gasteiger partial charge in [-0.1, -0.05) is 42.1 Å². The lowest BCUT2D eigenvalue weighted by molar-refractivity contribution is -0.113. The zero-order valence-electron chi connectivity index (χ0n) is 16.5. The first kappa shape index (κ1) is 18.6. The number of ether oxygens (including phenoxy) is 1. The molecule has 150 valence electrons. The fourth-order valence-electron chi connectivity index (χ4n) is 3.59. The van der Waals surface area contributed by atoms with E-state index in [0.29, 0.717) is 17.0 Å². The van der Waals surface area contributed by atoms with Crippen molar-refractivity contribution in [2.24, 2.45) is 7.05 Å².